The van der Waals surface area contributed by atoms with E-state index in [4.69, 9.17) is 9.72 Å². The molecule has 11 heteroatoms. The number of nitrogens with one attached hydrogen (secondary N) is 2. The molecule has 0 atom stereocenters. The topological polar surface area (TPSA) is 114 Å². The molecule has 2 amide bonds. The molecule has 0 spiro atoms. The highest BCUT2D eigenvalue weighted by Gasteiger charge is 2.22. The molecule has 0 radical (unpaired) electrons. The van der Waals surface area contributed by atoms with Crippen molar-refractivity contribution >= 4 is 39.4 Å². The first kappa shape index (κ1) is 20.8. The second-order valence-corrected chi connectivity index (χ2v) is 8.83. The molecule has 2 N–H and O–H groups in total. The number of carbonyl (C=O) groups excluding carboxylic acids is 2. The number of aromatic nitrogens is 4. The number of fused-ring (bicyclic) bond motifs is 3. The van der Waals surface area contributed by atoms with Crippen molar-refractivity contribution in [1.82, 2.24) is 30.4 Å². The summed E-state index contributed by atoms with van der Waals surface area (Å²) in [4.78, 5) is 41.3. The Kier molecular flexibility index (Phi) is 5.75. The second-order valence-electron chi connectivity index (χ2n) is 8.00. The summed E-state index contributed by atoms with van der Waals surface area (Å²) in [5.41, 5.74) is 7.69. The summed E-state index contributed by atoms with van der Waals surface area (Å²) in [5.74, 6) is 0.0781. The maximum absolute atomic E-state index is 12.9. The zero-order chi connectivity index (χ0) is 22.1. The number of hydrogen-bond acceptors (Lipinski definition) is 8. The molecule has 0 bridgehead atoms. The van der Waals surface area contributed by atoms with Crippen molar-refractivity contribution in [2.24, 2.45) is 0 Å². The molecule has 168 valence electrons. The summed E-state index contributed by atoms with van der Waals surface area (Å²) in [6, 6.07) is 1.70. The first-order chi connectivity index (χ1) is 15.6. The number of ether oxygens (including phenoxy) is 1. The average molecular weight is 456 g/mol. The normalized spacial score (nSPS) is 16.5. The van der Waals surface area contributed by atoms with Crippen molar-refractivity contribution in [2.45, 2.75) is 39.2 Å². The zero-order valence-electron chi connectivity index (χ0n) is 17.9. The minimum Gasteiger partial charge on any atom is -0.378 e. The van der Waals surface area contributed by atoms with Crippen molar-refractivity contribution in [3.8, 4) is 0 Å². The molecule has 3 aromatic rings. The van der Waals surface area contributed by atoms with Crippen LogP contribution in [0.5, 0.6) is 0 Å². The van der Waals surface area contributed by atoms with E-state index in [2.05, 4.69) is 30.3 Å². The largest absolute Gasteiger partial charge is 0.378 e. The van der Waals surface area contributed by atoms with Gasteiger partial charge in [-0.05, 0) is 25.8 Å². The van der Waals surface area contributed by atoms with Crippen LogP contribution in [0.25, 0.3) is 11.2 Å². The van der Waals surface area contributed by atoms with E-state index in [1.54, 1.807) is 11.4 Å². The first-order valence-electron chi connectivity index (χ1n) is 10.9. The lowest BCUT2D eigenvalue weighted by atomic mass is 10.2. The number of imidazole rings is 1. The summed E-state index contributed by atoms with van der Waals surface area (Å²) in [6.45, 7) is 5.50. The van der Waals surface area contributed by atoms with Gasteiger partial charge in [0.05, 0.1) is 18.8 Å². The Labute approximate surface area is 189 Å². The number of amides is 2. The molecule has 0 aliphatic carbocycles. The fourth-order valence-electron chi connectivity index (χ4n) is 4.10. The van der Waals surface area contributed by atoms with Crippen molar-refractivity contribution < 1.29 is 14.3 Å². The van der Waals surface area contributed by atoms with Crippen molar-refractivity contribution in [2.75, 3.05) is 31.2 Å². The Balaban J connectivity index is 1.31. The molecule has 5 rings (SSSR count). The van der Waals surface area contributed by atoms with Crippen LogP contribution in [0.3, 0.4) is 0 Å². The molecule has 3 aromatic heterocycles. The van der Waals surface area contributed by atoms with E-state index in [1.807, 2.05) is 6.92 Å². The molecule has 0 aromatic carbocycles. The fourth-order valence-corrected chi connectivity index (χ4v) is 4.96. The van der Waals surface area contributed by atoms with Gasteiger partial charge in [-0.2, -0.15) is 0 Å². The van der Waals surface area contributed by atoms with E-state index in [-0.39, 0.29) is 5.69 Å². The van der Waals surface area contributed by atoms with Crippen LogP contribution in [-0.2, 0) is 17.7 Å². The van der Waals surface area contributed by atoms with Crippen molar-refractivity contribution in [1.29, 1.82) is 0 Å². The number of morpholine rings is 1. The minimum atomic E-state index is -0.461. The predicted octanol–water partition coefficient (Wildman–Crippen LogP) is 1.83. The zero-order valence-corrected chi connectivity index (χ0v) is 18.7. The smallest absolute Gasteiger partial charge is 0.289 e. The fraction of sp³-hybridized carbons (Fsp3) is 0.476. The maximum atomic E-state index is 12.9. The quantitative estimate of drug-likeness (QED) is 0.579. The van der Waals surface area contributed by atoms with Gasteiger partial charge >= 0.3 is 0 Å². The van der Waals surface area contributed by atoms with Gasteiger partial charge in [-0.25, -0.2) is 15.0 Å². The van der Waals surface area contributed by atoms with Gasteiger partial charge in [0.2, 0.25) is 0 Å². The number of nitrogens with zero attached hydrogens (tertiary/aromatic N) is 5. The van der Waals surface area contributed by atoms with E-state index in [0.717, 1.165) is 61.2 Å². The Morgan fingerprint density at radius 3 is 2.69 bits per heavy atom. The van der Waals surface area contributed by atoms with E-state index in [1.165, 1.54) is 17.8 Å². The Morgan fingerprint density at radius 1 is 1.03 bits per heavy atom. The van der Waals surface area contributed by atoms with Crippen LogP contribution < -0.4 is 15.8 Å². The lowest BCUT2D eigenvalue weighted by Crippen LogP contribution is -2.42. The van der Waals surface area contributed by atoms with Gasteiger partial charge in [-0.3, -0.25) is 20.4 Å². The number of aryl methyl sites for hydroxylation is 3. The third-order valence-electron chi connectivity index (χ3n) is 5.73. The molecule has 32 heavy (non-hydrogen) atoms. The van der Waals surface area contributed by atoms with Gasteiger partial charge in [0.1, 0.15) is 17.0 Å². The third kappa shape index (κ3) is 4.05. The summed E-state index contributed by atoms with van der Waals surface area (Å²) in [7, 11) is 0. The van der Waals surface area contributed by atoms with Crippen molar-refractivity contribution in [3.63, 3.8) is 0 Å². The van der Waals surface area contributed by atoms with Gasteiger partial charge in [-0.15, -0.1) is 11.3 Å². The monoisotopic (exact) mass is 455 g/mol. The number of hydrazine groups is 1. The van der Waals surface area contributed by atoms with Gasteiger partial charge in [0, 0.05) is 37.1 Å². The van der Waals surface area contributed by atoms with Gasteiger partial charge in [-0.1, -0.05) is 6.42 Å². The van der Waals surface area contributed by atoms with E-state index in [9.17, 15) is 9.59 Å². The van der Waals surface area contributed by atoms with Crippen LogP contribution in [0.15, 0.2) is 11.4 Å². The SMILES string of the molecule is Cc1cc(C(=O)NNC(=O)c2csc(N3CCOCC3)n2)c2nc3n(c2n1)CCCCC3. The predicted molar refractivity (Wildman–Crippen MR) is 120 cm³/mol. The molecular weight excluding hydrogens is 430 g/mol. The first-order valence-corrected chi connectivity index (χ1v) is 11.7. The molecule has 1 fully saturated rings. The molecule has 5 heterocycles. The minimum absolute atomic E-state index is 0.265. The molecule has 0 saturated carbocycles. The number of anilines is 1. The summed E-state index contributed by atoms with van der Waals surface area (Å²) in [6.07, 6.45) is 4.20. The summed E-state index contributed by atoms with van der Waals surface area (Å²) in [5, 5.41) is 2.46. The average Bonchev–Trinajstić information content (AvgIpc) is 3.36. The standard InChI is InChI=1S/C21H25N7O3S/c1-13-11-14(17-18(22-13)28-6-4-2-3-5-16(28)24-17)19(29)25-26-20(30)15-12-32-21(23-15)27-7-9-31-10-8-27/h11-12H,2-10H2,1H3,(H,25,29)(H,26,30). The van der Waals surface area contributed by atoms with Crippen LogP contribution in [0, 0.1) is 6.92 Å². The third-order valence-corrected chi connectivity index (χ3v) is 6.63. The molecular formula is C21H25N7O3S. The van der Waals surface area contributed by atoms with Crippen LogP contribution in [0.2, 0.25) is 0 Å². The maximum Gasteiger partial charge on any atom is 0.289 e. The molecule has 2 aliphatic rings. The number of pyridine rings is 1. The van der Waals surface area contributed by atoms with E-state index < -0.39 is 11.8 Å². The van der Waals surface area contributed by atoms with Crippen LogP contribution in [0.1, 0.15) is 51.6 Å². The van der Waals surface area contributed by atoms with E-state index in [0.29, 0.717) is 24.3 Å². The van der Waals surface area contributed by atoms with Gasteiger partial charge < -0.3 is 14.2 Å². The number of rotatable bonds is 3. The van der Waals surface area contributed by atoms with E-state index >= 15 is 0 Å². The molecule has 1 saturated heterocycles. The number of hydrogen-bond donors (Lipinski definition) is 2. The summed E-state index contributed by atoms with van der Waals surface area (Å²) >= 11 is 1.40. The Morgan fingerprint density at radius 2 is 1.84 bits per heavy atom. The lowest BCUT2D eigenvalue weighted by Gasteiger charge is -2.25. The summed E-state index contributed by atoms with van der Waals surface area (Å²) < 4.78 is 7.47. The highest BCUT2D eigenvalue weighted by molar-refractivity contribution is 7.13. The van der Waals surface area contributed by atoms with Gasteiger partial charge in [0.25, 0.3) is 11.8 Å². The van der Waals surface area contributed by atoms with Crippen LogP contribution in [-0.4, -0.2) is 57.6 Å². The molecule has 0 unspecified atom stereocenters. The Bertz CT molecular complexity index is 1170. The Hall–Kier alpha value is -3.05. The van der Waals surface area contributed by atoms with Crippen LogP contribution in [0.4, 0.5) is 5.13 Å². The highest BCUT2D eigenvalue weighted by Crippen LogP contribution is 2.24. The van der Waals surface area contributed by atoms with Gasteiger partial charge in [0.15, 0.2) is 10.8 Å². The molecule has 2 aliphatic heterocycles. The molecule has 10 nitrogen and oxygen atoms in total. The van der Waals surface area contributed by atoms with Crippen molar-refractivity contribution in [3.05, 3.63) is 34.2 Å². The lowest BCUT2D eigenvalue weighted by molar-refractivity contribution is 0.0845. The number of carbonyl (C=O) groups is 2. The second kappa shape index (κ2) is 8.83. The number of thiazole rings is 1. The highest BCUT2D eigenvalue weighted by atomic mass is 32.1. The van der Waals surface area contributed by atoms with Crippen LogP contribution >= 0.6 is 11.3 Å².